The van der Waals surface area contributed by atoms with Gasteiger partial charge in [0, 0.05) is 45.0 Å². The zero-order valence-electron chi connectivity index (χ0n) is 18.2. The number of nitrogens with one attached hydrogen (secondary N) is 1. The van der Waals surface area contributed by atoms with Crippen LogP contribution in [0.3, 0.4) is 0 Å². The lowest BCUT2D eigenvalue weighted by atomic mass is 10.0. The fraction of sp³-hybridized carbons (Fsp3) is 0.435. The van der Waals surface area contributed by atoms with Crippen LogP contribution in [0.2, 0.25) is 5.02 Å². The summed E-state index contributed by atoms with van der Waals surface area (Å²) in [5.41, 5.74) is 1.33. The van der Waals surface area contributed by atoms with Crippen LogP contribution in [0.5, 0.6) is 0 Å². The van der Waals surface area contributed by atoms with E-state index in [2.05, 4.69) is 22.2 Å². The highest BCUT2D eigenvalue weighted by atomic mass is 35.5. The predicted octanol–water partition coefficient (Wildman–Crippen LogP) is 3.05. The zero-order chi connectivity index (χ0) is 22.7. The number of likely N-dealkylation sites (N-methyl/N-ethyl adjacent to an activating group) is 1. The van der Waals surface area contributed by atoms with E-state index >= 15 is 0 Å². The first-order valence-corrected chi connectivity index (χ1v) is 12.8. The monoisotopic (exact) mass is 476 g/mol. The van der Waals surface area contributed by atoms with E-state index < -0.39 is 16.1 Å². The van der Waals surface area contributed by atoms with Crippen molar-refractivity contribution in [3.63, 3.8) is 0 Å². The molecular formula is C23H29ClN4O3S. The zero-order valence-corrected chi connectivity index (χ0v) is 19.8. The van der Waals surface area contributed by atoms with Gasteiger partial charge in [-0.2, -0.15) is 4.31 Å². The largest absolute Gasteiger partial charge is 0.324 e. The van der Waals surface area contributed by atoms with Crippen LogP contribution in [-0.2, 0) is 14.8 Å². The fourth-order valence-electron chi connectivity index (χ4n) is 4.30. The Balaban J connectivity index is 1.59. The van der Waals surface area contributed by atoms with Crippen molar-refractivity contribution in [2.75, 3.05) is 51.6 Å². The second-order valence-corrected chi connectivity index (χ2v) is 10.7. The van der Waals surface area contributed by atoms with Crippen LogP contribution in [0.15, 0.2) is 53.4 Å². The second kappa shape index (κ2) is 9.89. The molecule has 0 radical (unpaired) electrons. The molecule has 172 valence electrons. The third-order valence-corrected chi connectivity index (χ3v) is 8.53. The first-order valence-electron chi connectivity index (χ1n) is 10.9. The first kappa shape index (κ1) is 23.2. The molecule has 1 unspecified atom stereocenters. The summed E-state index contributed by atoms with van der Waals surface area (Å²) in [7, 11) is -1.62. The lowest BCUT2D eigenvalue weighted by Gasteiger charge is -2.37. The Hall–Kier alpha value is -1.97. The number of hydrogen-bond donors (Lipinski definition) is 1. The van der Waals surface area contributed by atoms with Crippen LogP contribution in [0.1, 0.15) is 24.4 Å². The Labute approximate surface area is 195 Å². The lowest BCUT2D eigenvalue weighted by Crippen LogP contribution is -2.48. The average molecular weight is 477 g/mol. The molecule has 1 N–H and O–H groups in total. The predicted molar refractivity (Wildman–Crippen MR) is 126 cm³/mol. The molecule has 4 rings (SSSR count). The maximum Gasteiger partial charge on any atom is 0.246 e. The van der Waals surface area contributed by atoms with Crippen LogP contribution >= 0.6 is 11.6 Å². The summed E-state index contributed by atoms with van der Waals surface area (Å²) in [6.07, 6.45) is 1.69. The van der Waals surface area contributed by atoms with Crippen molar-refractivity contribution in [2.24, 2.45) is 0 Å². The Kier molecular flexibility index (Phi) is 7.17. The summed E-state index contributed by atoms with van der Waals surface area (Å²) in [5, 5.41) is 3.10. The van der Waals surface area contributed by atoms with Crippen LogP contribution in [-0.4, -0.2) is 74.7 Å². The molecule has 2 heterocycles. The first-order chi connectivity index (χ1) is 15.4. The average Bonchev–Trinajstić information content (AvgIpc) is 3.33. The maximum atomic E-state index is 13.4. The number of sulfonamides is 1. The number of amides is 1. The minimum atomic E-state index is -3.69. The van der Waals surface area contributed by atoms with Crippen LogP contribution in [0.25, 0.3) is 0 Å². The van der Waals surface area contributed by atoms with Crippen molar-refractivity contribution in [1.82, 2.24) is 14.1 Å². The maximum absolute atomic E-state index is 13.4. The minimum absolute atomic E-state index is 0.0368. The van der Waals surface area contributed by atoms with Crippen molar-refractivity contribution < 1.29 is 13.2 Å². The molecule has 0 saturated carbocycles. The Morgan fingerprint density at radius 2 is 1.62 bits per heavy atom. The van der Waals surface area contributed by atoms with Crippen molar-refractivity contribution in [3.8, 4) is 0 Å². The summed E-state index contributed by atoms with van der Waals surface area (Å²) in [4.78, 5) is 17.9. The normalized spacial score (nSPS) is 19.7. The molecule has 0 aliphatic carbocycles. The molecule has 0 bridgehead atoms. The smallest absolute Gasteiger partial charge is 0.246 e. The Morgan fingerprint density at radius 1 is 0.969 bits per heavy atom. The molecular weight excluding hydrogens is 448 g/mol. The number of halogens is 1. The molecule has 0 aromatic heterocycles. The quantitative estimate of drug-likeness (QED) is 0.693. The Bertz CT molecular complexity index is 1050. The van der Waals surface area contributed by atoms with Gasteiger partial charge in [-0.1, -0.05) is 41.9 Å². The fourth-order valence-corrected chi connectivity index (χ4v) is 6.32. The molecule has 2 aromatic carbocycles. The summed E-state index contributed by atoms with van der Waals surface area (Å²) in [6.45, 7) is 4.31. The van der Waals surface area contributed by atoms with Crippen molar-refractivity contribution >= 4 is 33.2 Å². The standard InChI is InChI=1S/C23H29ClN4O3S/c1-26-13-15-27(16-14-26)22(18-7-3-2-4-8-18)23(29)25-19-9-10-20(24)21(17-19)32(30,31)28-11-5-6-12-28/h2-4,7-10,17,22H,5-6,11-16H2,1H3,(H,25,29). The Morgan fingerprint density at radius 3 is 2.28 bits per heavy atom. The third kappa shape index (κ3) is 5.00. The van der Waals surface area contributed by atoms with Crippen LogP contribution in [0.4, 0.5) is 5.69 Å². The van der Waals surface area contributed by atoms with Gasteiger partial charge in [-0.05, 0) is 43.7 Å². The molecule has 2 saturated heterocycles. The van der Waals surface area contributed by atoms with E-state index in [9.17, 15) is 13.2 Å². The lowest BCUT2D eigenvalue weighted by molar-refractivity contribution is -0.122. The second-order valence-electron chi connectivity index (χ2n) is 8.40. The van der Waals surface area contributed by atoms with E-state index in [1.807, 2.05) is 30.3 Å². The number of benzene rings is 2. The number of piperazine rings is 1. The van der Waals surface area contributed by atoms with E-state index in [4.69, 9.17) is 11.6 Å². The van der Waals surface area contributed by atoms with Gasteiger partial charge in [-0.25, -0.2) is 8.42 Å². The molecule has 2 aliphatic rings. The molecule has 9 heteroatoms. The SMILES string of the molecule is CN1CCN(C(C(=O)Nc2ccc(Cl)c(S(=O)(=O)N3CCCC3)c2)c2ccccc2)CC1. The van der Waals surface area contributed by atoms with Gasteiger partial charge >= 0.3 is 0 Å². The number of nitrogens with zero attached hydrogens (tertiary/aromatic N) is 3. The van der Waals surface area contributed by atoms with E-state index in [-0.39, 0.29) is 15.8 Å². The van der Waals surface area contributed by atoms with E-state index in [1.54, 1.807) is 6.07 Å². The highest BCUT2D eigenvalue weighted by molar-refractivity contribution is 7.89. The minimum Gasteiger partial charge on any atom is -0.324 e. The van der Waals surface area contributed by atoms with Gasteiger partial charge < -0.3 is 10.2 Å². The summed E-state index contributed by atoms with van der Waals surface area (Å²) < 4.78 is 27.5. The molecule has 2 aliphatic heterocycles. The van der Waals surface area contributed by atoms with Crippen molar-refractivity contribution in [2.45, 2.75) is 23.8 Å². The van der Waals surface area contributed by atoms with Crippen LogP contribution < -0.4 is 5.32 Å². The van der Waals surface area contributed by atoms with Gasteiger partial charge in [-0.3, -0.25) is 9.69 Å². The summed E-state index contributed by atoms with van der Waals surface area (Å²) >= 11 is 6.26. The van der Waals surface area contributed by atoms with Gasteiger partial charge in [0.15, 0.2) is 0 Å². The van der Waals surface area contributed by atoms with E-state index in [1.165, 1.54) is 16.4 Å². The van der Waals surface area contributed by atoms with Gasteiger partial charge in [-0.15, -0.1) is 0 Å². The molecule has 1 atom stereocenters. The number of hydrogen-bond acceptors (Lipinski definition) is 5. The van der Waals surface area contributed by atoms with Gasteiger partial charge in [0.2, 0.25) is 15.9 Å². The van der Waals surface area contributed by atoms with Gasteiger partial charge in [0.1, 0.15) is 10.9 Å². The number of carbonyl (C=O) groups excluding carboxylic acids is 1. The molecule has 1 amide bonds. The highest BCUT2D eigenvalue weighted by Crippen LogP contribution is 2.31. The molecule has 2 aromatic rings. The van der Waals surface area contributed by atoms with Gasteiger partial charge in [0.25, 0.3) is 0 Å². The number of carbonyl (C=O) groups is 1. The molecule has 2 fully saturated rings. The topological polar surface area (TPSA) is 73.0 Å². The number of rotatable bonds is 6. The number of anilines is 1. The third-order valence-electron chi connectivity index (χ3n) is 6.15. The highest BCUT2D eigenvalue weighted by Gasteiger charge is 2.32. The van der Waals surface area contributed by atoms with Crippen molar-refractivity contribution in [1.29, 1.82) is 0 Å². The van der Waals surface area contributed by atoms with E-state index in [0.717, 1.165) is 44.6 Å². The molecule has 32 heavy (non-hydrogen) atoms. The summed E-state index contributed by atoms with van der Waals surface area (Å²) in [6, 6.07) is 13.9. The molecule has 0 spiro atoms. The van der Waals surface area contributed by atoms with E-state index in [0.29, 0.717) is 18.8 Å². The summed E-state index contributed by atoms with van der Waals surface area (Å²) in [5.74, 6) is -0.187. The van der Waals surface area contributed by atoms with Crippen LogP contribution in [0, 0.1) is 0 Å². The van der Waals surface area contributed by atoms with Gasteiger partial charge in [0.05, 0.1) is 5.02 Å². The van der Waals surface area contributed by atoms with Crippen molar-refractivity contribution in [3.05, 3.63) is 59.1 Å². The molecule has 7 nitrogen and oxygen atoms in total.